The molecule has 2 aliphatic rings. The van der Waals surface area contributed by atoms with Crippen LogP contribution in [0.1, 0.15) is 39.0 Å². The lowest BCUT2D eigenvalue weighted by atomic mass is 10.0. The second-order valence-electron chi connectivity index (χ2n) is 7.03. The summed E-state index contributed by atoms with van der Waals surface area (Å²) in [6, 6.07) is 0. The summed E-state index contributed by atoms with van der Waals surface area (Å²) in [5.74, 6) is -2.51. The fraction of sp³-hybridized carbons (Fsp3) is 0.706. The topological polar surface area (TPSA) is 170 Å². The van der Waals surface area contributed by atoms with E-state index in [0.717, 1.165) is 6.54 Å². The molecule has 0 aromatic rings. The van der Waals surface area contributed by atoms with Gasteiger partial charge >= 0.3 is 5.97 Å². The molecule has 170 valence electrons. The summed E-state index contributed by atoms with van der Waals surface area (Å²) in [5, 5.41) is 25.2. The number of carbonyl (C=O) groups excluding carboxylic acids is 1. The smallest absolute Gasteiger partial charge is 0.345 e. The van der Waals surface area contributed by atoms with Crippen LogP contribution in [0.2, 0.25) is 0 Å². The Morgan fingerprint density at radius 1 is 1.40 bits per heavy atom. The molecule has 13 heteroatoms. The maximum Gasteiger partial charge on any atom is 0.345 e. The highest BCUT2D eigenvalue weighted by Gasteiger charge is 2.44. The van der Waals surface area contributed by atoms with Gasteiger partial charge in [-0.25, -0.2) is 13.2 Å². The second-order valence-corrected chi connectivity index (χ2v) is 8.87. The molecule has 0 aromatic carbocycles. The van der Waals surface area contributed by atoms with E-state index in [9.17, 15) is 23.1 Å². The fourth-order valence-electron chi connectivity index (χ4n) is 3.02. The first kappa shape index (κ1) is 24.1. The predicted octanol–water partition coefficient (Wildman–Crippen LogP) is -1.26. The molecule has 0 radical (unpaired) electrons. The number of nitrogens with one attached hydrogen (secondary N) is 5. The van der Waals surface area contributed by atoms with Crippen molar-refractivity contribution in [3.05, 3.63) is 12.3 Å². The van der Waals surface area contributed by atoms with Gasteiger partial charge in [0.1, 0.15) is 18.6 Å². The van der Waals surface area contributed by atoms with E-state index in [0.29, 0.717) is 25.8 Å². The minimum atomic E-state index is -3.92. The van der Waals surface area contributed by atoms with Crippen LogP contribution >= 0.6 is 0 Å². The molecule has 0 saturated carbocycles. The van der Waals surface area contributed by atoms with Gasteiger partial charge in [0.25, 0.3) is 5.91 Å². The van der Waals surface area contributed by atoms with Crippen LogP contribution in [-0.4, -0.2) is 68.5 Å². The van der Waals surface area contributed by atoms with Crippen molar-refractivity contribution in [2.75, 3.05) is 25.4 Å². The lowest BCUT2D eigenvalue weighted by molar-refractivity contribution is -0.148. The molecule has 0 saturated heterocycles. The first-order chi connectivity index (χ1) is 14.3. The number of oxime groups is 1. The lowest BCUT2D eigenvalue weighted by Crippen LogP contribution is -2.66. The highest BCUT2D eigenvalue weighted by Crippen LogP contribution is 2.16. The van der Waals surface area contributed by atoms with Crippen molar-refractivity contribution < 1.29 is 28.0 Å². The molecule has 2 atom stereocenters. The predicted molar refractivity (Wildman–Crippen MR) is 110 cm³/mol. The van der Waals surface area contributed by atoms with Crippen LogP contribution in [-0.2, 0) is 24.4 Å². The summed E-state index contributed by atoms with van der Waals surface area (Å²) >= 11 is 0. The second kappa shape index (κ2) is 11.2. The number of hydrogen-bond donors (Lipinski definition) is 6. The van der Waals surface area contributed by atoms with Crippen LogP contribution in [0.5, 0.6) is 0 Å². The summed E-state index contributed by atoms with van der Waals surface area (Å²) in [4.78, 5) is 29.3. The highest BCUT2D eigenvalue weighted by atomic mass is 32.2. The normalized spacial score (nSPS) is 20.6. The lowest BCUT2D eigenvalue weighted by Gasteiger charge is -2.31. The van der Waals surface area contributed by atoms with E-state index < -0.39 is 27.6 Å². The summed E-state index contributed by atoms with van der Waals surface area (Å²) in [7, 11) is -3.92. The molecule has 2 unspecified atom stereocenters. The van der Waals surface area contributed by atoms with Crippen LogP contribution in [0.25, 0.3) is 0 Å². The maximum absolute atomic E-state index is 12.4. The third-order valence-corrected chi connectivity index (χ3v) is 6.11. The fourth-order valence-corrected chi connectivity index (χ4v) is 4.43. The molecular weight excluding hydrogens is 416 g/mol. The monoisotopic (exact) mass is 446 g/mol. The van der Waals surface area contributed by atoms with Crippen molar-refractivity contribution in [2.45, 2.75) is 51.0 Å². The van der Waals surface area contributed by atoms with Gasteiger partial charge in [0.2, 0.25) is 15.7 Å². The van der Waals surface area contributed by atoms with Crippen molar-refractivity contribution in [2.24, 2.45) is 5.16 Å². The zero-order chi connectivity index (χ0) is 22.0. The number of rotatable bonds is 13. The first-order valence-electron chi connectivity index (χ1n) is 9.92. The van der Waals surface area contributed by atoms with Gasteiger partial charge in [-0.2, -0.15) is 4.72 Å². The Kier molecular flexibility index (Phi) is 9.02. The standard InChI is InChI=1S/C17H30N6O6S/c1-2-12-30(27,28)23-17(15(25)26,21-14(24)13-6-11-29-22-13)7-3-4-8-18-16-19-9-5-10-20-16/h5,9,16,18-20,23H,2-4,6-8,10-12H2,1H3,(H,21,24)(H,25,26). The molecule has 2 rings (SSSR count). The van der Waals surface area contributed by atoms with E-state index in [-0.39, 0.29) is 37.2 Å². The Morgan fingerprint density at radius 3 is 2.80 bits per heavy atom. The van der Waals surface area contributed by atoms with Crippen molar-refractivity contribution >= 4 is 27.6 Å². The van der Waals surface area contributed by atoms with Crippen molar-refractivity contribution in [1.29, 1.82) is 0 Å². The minimum Gasteiger partial charge on any atom is -0.478 e. The van der Waals surface area contributed by atoms with Gasteiger partial charge in [0.15, 0.2) is 0 Å². The molecule has 0 spiro atoms. The number of amides is 1. The molecule has 0 aromatic heterocycles. The number of sulfonamides is 1. The number of nitrogens with zero attached hydrogens (tertiary/aromatic N) is 1. The number of carbonyl (C=O) groups is 2. The van der Waals surface area contributed by atoms with Gasteiger partial charge in [-0.1, -0.05) is 18.2 Å². The van der Waals surface area contributed by atoms with Gasteiger partial charge < -0.3 is 20.6 Å². The molecular formula is C17H30N6O6S. The quantitative estimate of drug-likeness (QED) is 0.149. The molecule has 0 fully saturated rings. The van der Waals surface area contributed by atoms with Crippen LogP contribution in [0.3, 0.4) is 0 Å². The molecule has 1 amide bonds. The van der Waals surface area contributed by atoms with E-state index in [1.165, 1.54) is 0 Å². The Balaban J connectivity index is 2.02. The van der Waals surface area contributed by atoms with Crippen LogP contribution in [0, 0.1) is 0 Å². The van der Waals surface area contributed by atoms with Gasteiger partial charge in [-0.15, -0.1) is 0 Å². The van der Waals surface area contributed by atoms with Crippen LogP contribution < -0.4 is 26.0 Å². The number of carboxylic acids is 1. The van der Waals surface area contributed by atoms with Gasteiger partial charge in [-0.05, 0) is 38.4 Å². The van der Waals surface area contributed by atoms with E-state index in [1.54, 1.807) is 6.92 Å². The Hall–Kier alpha value is -2.22. The SMILES string of the molecule is CCCS(=O)(=O)NC(CCCCNC1NC=CCN1)(NC(=O)C1=NOCC1)C(=O)O. The Morgan fingerprint density at radius 2 is 2.20 bits per heavy atom. The first-order valence-corrected chi connectivity index (χ1v) is 11.6. The molecule has 2 heterocycles. The minimum absolute atomic E-state index is 0.0273. The average molecular weight is 447 g/mol. The van der Waals surface area contributed by atoms with Crippen LogP contribution in [0.15, 0.2) is 17.4 Å². The molecule has 2 aliphatic heterocycles. The molecule has 30 heavy (non-hydrogen) atoms. The molecule has 12 nitrogen and oxygen atoms in total. The average Bonchev–Trinajstić information content (AvgIpc) is 3.23. The Bertz CT molecular complexity index is 771. The largest absolute Gasteiger partial charge is 0.478 e. The molecule has 0 bridgehead atoms. The zero-order valence-corrected chi connectivity index (χ0v) is 17.8. The summed E-state index contributed by atoms with van der Waals surface area (Å²) in [6.07, 6.45) is 4.98. The molecule has 0 aliphatic carbocycles. The van der Waals surface area contributed by atoms with E-state index >= 15 is 0 Å². The van der Waals surface area contributed by atoms with E-state index in [2.05, 4.69) is 31.1 Å². The van der Waals surface area contributed by atoms with E-state index in [1.807, 2.05) is 12.3 Å². The van der Waals surface area contributed by atoms with Gasteiger partial charge in [0, 0.05) is 13.0 Å². The summed E-state index contributed by atoms with van der Waals surface area (Å²) in [5.41, 5.74) is -2.14. The van der Waals surface area contributed by atoms with Gasteiger partial charge in [-0.3, -0.25) is 15.4 Å². The van der Waals surface area contributed by atoms with Crippen molar-refractivity contribution in [3.63, 3.8) is 0 Å². The van der Waals surface area contributed by atoms with Crippen LogP contribution in [0.4, 0.5) is 0 Å². The van der Waals surface area contributed by atoms with Gasteiger partial charge in [0.05, 0.1) is 5.75 Å². The highest BCUT2D eigenvalue weighted by molar-refractivity contribution is 7.89. The number of unbranched alkanes of at least 4 members (excludes halogenated alkanes) is 1. The van der Waals surface area contributed by atoms with Crippen molar-refractivity contribution in [1.82, 2.24) is 26.0 Å². The third kappa shape index (κ3) is 7.23. The summed E-state index contributed by atoms with van der Waals surface area (Å²) < 4.78 is 26.9. The Labute approximate surface area is 175 Å². The van der Waals surface area contributed by atoms with Crippen molar-refractivity contribution in [3.8, 4) is 0 Å². The van der Waals surface area contributed by atoms with E-state index in [4.69, 9.17) is 4.84 Å². The maximum atomic E-state index is 12.4. The molecule has 6 N–H and O–H groups in total. The zero-order valence-electron chi connectivity index (χ0n) is 16.9. The number of aliphatic carboxylic acids is 1. The summed E-state index contributed by atoms with van der Waals surface area (Å²) in [6.45, 7) is 3.17. The number of carboxylic acid groups (broad SMARTS) is 1. The third-order valence-electron chi connectivity index (χ3n) is 4.51. The number of hydrogen-bond acceptors (Lipinski definition) is 9.